The lowest BCUT2D eigenvalue weighted by Gasteiger charge is -2.28. The monoisotopic (exact) mass is 352 g/mol. The number of nitrogens with zero attached hydrogens (tertiary/aromatic N) is 1. The van der Waals surface area contributed by atoms with Crippen molar-refractivity contribution in [3.8, 4) is 0 Å². The van der Waals surface area contributed by atoms with Crippen LogP contribution in [0.2, 0.25) is 0 Å². The van der Waals surface area contributed by atoms with E-state index < -0.39 is 50.7 Å². The summed E-state index contributed by atoms with van der Waals surface area (Å²) in [6.07, 6.45) is -3.67. The Morgan fingerprint density at radius 3 is 2.29 bits per heavy atom. The average molecular weight is 352 g/mol. The van der Waals surface area contributed by atoms with Crippen molar-refractivity contribution in [2.45, 2.75) is 63.9 Å². The van der Waals surface area contributed by atoms with Gasteiger partial charge in [0, 0.05) is 8.39 Å². The van der Waals surface area contributed by atoms with Crippen LogP contribution in [-0.2, 0) is 4.74 Å². The third-order valence-corrected chi connectivity index (χ3v) is 3.98. The Morgan fingerprint density at radius 1 is 1.17 bits per heavy atom. The van der Waals surface area contributed by atoms with Crippen LogP contribution in [0.25, 0.3) is 0 Å². The van der Waals surface area contributed by atoms with E-state index in [0.717, 1.165) is 30.6 Å². The van der Waals surface area contributed by atoms with Crippen molar-refractivity contribution in [2.24, 2.45) is 5.92 Å². The Morgan fingerprint density at radius 2 is 1.79 bits per heavy atom. The minimum absolute atomic E-state index is 0.219. The molecule has 0 radical (unpaired) electrons. The Balaban J connectivity index is 4.52. The maximum atomic E-state index is 12.0. The predicted octanol–water partition coefficient (Wildman–Crippen LogP) is -0.293. The number of likely N-dealkylation sites (N-methyl/N-ethyl adjacent to an activating group) is 1. The van der Waals surface area contributed by atoms with E-state index in [2.05, 4.69) is 6.92 Å². The molecule has 0 rings (SSSR count). The first-order valence-electron chi connectivity index (χ1n) is 9.06. The highest BCUT2D eigenvalue weighted by atomic mass is 16.6. The van der Waals surface area contributed by atoms with E-state index in [1.165, 1.54) is 0 Å². The van der Waals surface area contributed by atoms with Crippen molar-refractivity contribution >= 4 is 6.09 Å². The highest BCUT2D eigenvalue weighted by Gasteiger charge is 2.31. The third kappa shape index (κ3) is 8.25. The molecule has 0 aliphatic heterocycles. The molecular formula is C16H33NO7. The molecule has 0 aromatic carbocycles. The lowest BCUT2D eigenvalue weighted by atomic mass is 10.0. The molecule has 0 aliphatic carbocycles. The summed E-state index contributed by atoms with van der Waals surface area (Å²) in [5, 5.41) is 47.2. The van der Waals surface area contributed by atoms with E-state index in [1.807, 2.05) is 6.92 Å². The molecule has 1 amide bonds. The third-order valence-electron chi connectivity index (χ3n) is 3.98. The van der Waals surface area contributed by atoms with E-state index in [1.54, 1.807) is 0 Å². The van der Waals surface area contributed by atoms with Gasteiger partial charge in [-0.25, -0.2) is 4.79 Å². The van der Waals surface area contributed by atoms with Gasteiger partial charge in [-0.05, 0) is 12.3 Å². The number of aliphatic hydroxyl groups is 5. The van der Waals surface area contributed by atoms with Crippen LogP contribution in [0.4, 0.5) is 4.79 Å². The molecule has 1 unspecified atom stereocenters. The van der Waals surface area contributed by atoms with Gasteiger partial charge in [0.25, 0.3) is 0 Å². The second-order valence-electron chi connectivity index (χ2n) is 6.01. The second kappa shape index (κ2) is 12.4. The molecule has 8 heteroatoms. The van der Waals surface area contributed by atoms with Gasteiger partial charge in [-0.15, -0.1) is 0 Å². The molecule has 0 bridgehead atoms. The minimum atomic E-state index is -1.78. The van der Waals surface area contributed by atoms with Gasteiger partial charge in [0.15, 0.2) is 0 Å². The van der Waals surface area contributed by atoms with Crippen LogP contribution in [0.15, 0.2) is 0 Å². The zero-order valence-electron chi connectivity index (χ0n) is 15.5. The van der Waals surface area contributed by atoms with Crippen LogP contribution in [0.5, 0.6) is 0 Å². The van der Waals surface area contributed by atoms with Crippen LogP contribution < -0.4 is 0 Å². The number of aliphatic hydroxyl groups excluding tert-OH is 5. The van der Waals surface area contributed by atoms with Crippen molar-refractivity contribution in [1.29, 1.82) is 0 Å². The lowest BCUT2D eigenvalue weighted by molar-refractivity contribution is -0.117. The summed E-state index contributed by atoms with van der Waals surface area (Å²) >= 11 is 0. The summed E-state index contributed by atoms with van der Waals surface area (Å²) in [6.45, 7) is 3.08. The molecule has 0 saturated carbocycles. The zero-order chi connectivity index (χ0) is 19.4. The fourth-order valence-corrected chi connectivity index (χ4v) is 2.15. The Labute approximate surface area is 145 Å². The standard InChI is InChI=1S/C16H33NO7/c1-4-6-7-11(5-2)10-24-16(23)17(3)8-12(19)14(21)15(22)13(20)9-18/h11-15,18-22H,4-10H2,1-3H3/t11?,12-,13+,14+,15+/m0/s1/i3D. The van der Waals surface area contributed by atoms with Gasteiger partial charge < -0.3 is 35.2 Å². The quantitative estimate of drug-likeness (QED) is 0.326. The van der Waals surface area contributed by atoms with Crippen LogP contribution in [0.3, 0.4) is 0 Å². The first-order valence-corrected chi connectivity index (χ1v) is 8.36. The molecule has 0 aromatic rings. The Bertz CT molecular complexity index is 361. The summed E-state index contributed by atoms with van der Waals surface area (Å²) in [4.78, 5) is 12.9. The smallest absolute Gasteiger partial charge is 0.409 e. The summed E-state index contributed by atoms with van der Waals surface area (Å²) in [5.41, 5.74) is 0. The summed E-state index contributed by atoms with van der Waals surface area (Å²) in [7, 11) is -0.493. The molecule has 0 aliphatic rings. The zero-order valence-corrected chi connectivity index (χ0v) is 14.5. The predicted molar refractivity (Wildman–Crippen MR) is 88.4 cm³/mol. The Kier molecular flexibility index (Phi) is 10.9. The molecular weight excluding hydrogens is 318 g/mol. The summed E-state index contributed by atoms with van der Waals surface area (Å²) < 4.78 is 12.6. The number of hydrogen-bond donors (Lipinski definition) is 5. The molecule has 144 valence electrons. The first-order chi connectivity index (χ1) is 11.8. The number of rotatable bonds is 12. The fraction of sp³-hybridized carbons (Fsp3) is 0.938. The highest BCUT2D eigenvalue weighted by Crippen LogP contribution is 2.13. The van der Waals surface area contributed by atoms with Crippen molar-refractivity contribution < 1.29 is 36.4 Å². The molecule has 0 heterocycles. The highest BCUT2D eigenvalue weighted by molar-refractivity contribution is 5.67. The van der Waals surface area contributed by atoms with Gasteiger partial charge in [-0.2, -0.15) is 0 Å². The normalized spacial score (nSPS) is 18.2. The number of hydrogen-bond acceptors (Lipinski definition) is 7. The number of ether oxygens (including phenoxy) is 1. The van der Waals surface area contributed by atoms with E-state index in [0.29, 0.717) is 0 Å². The molecule has 0 spiro atoms. The van der Waals surface area contributed by atoms with Gasteiger partial charge in [0.05, 0.1) is 19.8 Å². The molecule has 5 atom stereocenters. The van der Waals surface area contributed by atoms with E-state index in [-0.39, 0.29) is 12.5 Å². The van der Waals surface area contributed by atoms with Crippen LogP contribution >= 0.6 is 0 Å². The Hall–Kier alpha value is -0.930. The van der Waals surface area contributed by atoms with E-state index >= 15 is 0 Å². The largest absolute Gasteiger partial charge is 0.449 e. The van der Waals surface area contributed by atoms with Gasteiger partial charge >= 0.3 is 6.09 Å². The number of carbonyl (C=O) groups excluding carboxylic acids is 1. The minimum Gasteiger partial charge on any atom is -0.449 e. The molecule has 0 aromatic heterocycles. The maximum absolute atomic E-state index is 12.0. The second-order valence-corrected chi connectivity index (χ2v) is 6.01. The number of carbonyl (C=O) groups is 1. The summed E-state index contributed by atoms with van der Waals surface area (Å²) in [6, 6.07) is 0. The van der Waals surface area contributed by atoms with Gasteiger partial charge in [0.1, 0.15) is 24.4 Å². The molecule has 5 N–H and O–H groups in total. The lowest BCUT2D eigenvalue weighted by Crippen LogP contribution is -2.50. The fourth-order valence-electron chi connectivity index (χ4n) is 2.15. The van der Waals surface area contributed by atoms with Crippen LogP contribution in [0, 0.1) is 5.92 Å². The first kappa shape index (κ1) is 21.1. The SMILES string of the molecule is [2H]CN(C[C@H](O)[C@@H](O)[C@H](O)[C@H](O)CO)C(=O)OCC(CC)CCCC. The van der Waals surface area contributed by atoms with Crippen molar-refractivity contribution in [3.63, 3.8) is 0 Å². The van der Waals surface area contributed by atoms with Gasteiger partial charge in [-0.1, -0.05) is 33.1 Å². The molecule has 24 heavy (non-hydrogen) atoms. The van der Waals surface area contributed by atoms with Crippen molar-refractivity contribution in [2.75, 3.05) is 26.8 Å². The maximum Gasteiger partial charge on any atom is 0.409 e. The van der Waals surface area contributed by atoms with Gasteiger partial charge in [-0.3, -0.25) is 0 Å². The van der Waals surface area contributed by atoms with Crippen LogP contribution in [0.1, 0.15) is 40.9 Å². The molecule has 0 saturated heterocycles. The van der Waals surface area contributed by atoms with Crippen LogP contribution in [-0.4, -0.2) is 87.7 Å². The van der Waals surface area contributed by atoms with E-state index in [9.17, 15) is 25.2 Å². The van der Waals surface area contributed by atoms with Crippen molar-refractivity contribution in [1.82, 2.24) is 4.90 Å². The van der Waals surface area contributed by atoms with E-state index in [4.69, 9.17) is 11.2 Å². The van der Waals surface area contributed by atoms with Crippen molar-refractivity contribution in [3.05, 3.63) is 0 Å². The number of unbranched alkanes of at least 4 members (excludes halogenated alkanes) is 1. The molecule has 0 fully saturated rings. The topological polar surface area (TPSA) is 131 Å². The number of amides is 1. The molecule has 8 nitrogen and oxygen atoms in total. The van der Waals surface area contributed by atoms with Gasteiger partial charge in [0.2, 0.25) is 0 Å². The summed E-state index contributed by atoms with van der Waals surface area (Å²) in [5.74, 6) is 0.230. The average Bonchev–Trinajstić information content (AvgIpc) is 2.63.